The second-order valence-electron chi connectivity index (χ2n) is 3.08. The molecule has 2 rings (SSSR count). The Labute approximate surface area is 88.4 Å². The number of benzene rings is 1. The minimum absolute atomic E-state index is 0.853. The van der Waals surface area contributed by atoms with Gasteiger partial charge in [-0.05, 0) is 23.8 Å². The molecule has 2 aromatic rings. The van der Waals surface area contributed by atoms with Gasteiger partial charge in [-0.1, -0.05) is 18.2 Å². The minimum atomic E-state index is 0.853. The third-order valence-electron chi connectivity index (χ3n) is 2.07. The Morgan fingerprint density at radius 1 is 1.20 bits per heavy atom. The number of methoxy groups -OCH3 is 1. The minimum Gasteiger partial charge on any atom is -0.497 e. The molecular weight excluding hydrogens is 188 g/mol. The SMILES string of the molecule is COc1ccc(C=Cc2ncc[nH]2)cc1. The van der Waals surface area contributed by atoms with Gasteiger partial charge in [-0.2, -0.15) is 0 Å². The van der Waals surface area contributed by atoms with E-state index in [0.717, 1.165) is 17.1 Å². The third-order valence-corrected chi connectivity index (χ3v) is 2.07. The summed E-state index contributed by atoms with van der Waals surface area (Å²) >= 11 is 0. The van der Waals surface area contributed by atoms with Crippen molar-refractivity contribution in [1.82, 2.24) is 9.97 Å². The third kappa shape index (κ3) is 2.47. The highest BCUT2D eigenvalue weighted by atomic mass is 16.5. The zero-order valence-corrected chi connectivity index (χ0v) is 8.47. The second-order valence-corrected chi connectivity index (χ2v) is 3.08. The van der Waals surface area contributed by atoms with E-state index in [1.807, 2.05) is 36.4 Å². The summed E-state index contributed by atoms with van der Waals surface area (Å²) in [6.45, 7) is 0. The van der Waals surface area contributed by atoms with Gasteiger partial charge in [0.15, 0.2) is 0 Å². The maximum atomic E-state index is 5.08. The van der Waals surface area contributed by atoms with Crippen molar-refractivity contribution in [3.8, 4) is 5.75 Å². The van der Waals surface area contributed by atoms with Gasteiger partial charge >= 0.3 is 0 Å². The molecule has 1 aromatic carbocycles. The van der Waals surface area contributed by atoms with E-state index < -0.39 is 0 Å². The van der Waals surface area contributed by atoms with Crippen molar-refractivity contribution < 1.29 is 4.74 Å². The number of rotatable bonds is 3. The molecule has 3 heteroatoms. The fraction of sp³-hybridized carbons (Fsp3) is 0.0833. The molecule has 3 nitrogen and oxygen atoms in total. The Morgan fingerprint density at radius 3 is 2.60 bits per heavy atom. The van der Waals surface area contributed by atoms with E-state index in [9.17, 15) is 0 Å². The van der Waals surface area contributed by atoms with Gasteiger partial charge in [0.25, 0.3) is 0 Å². The van der Waals surface area contributed by atoms with Crippen LogP contribution in [-0.2, 0) is 0 Å². The average molecular weight is 200 g/mol. The molecule has 0 bridgehead atoms. The number of nitrogens with one attached hydrogen (secondary N) is 1. The molecule has 76 valence electrons. The van der Waals surface area contributed by atoms with Crippen LogP contribution in [0.1, 0.15) is 11.4 Å². The Bertz CT molecular complexity index is 429. The Hall–Kier alpha value is -2.03. The van der Waals surface area contributed by atoms with Crippen molar-refractivity contribution >= 4 is 12.2 Å². The molecule has 0 unspecified atom stereocenters. The topological polar surface area (TPSA) is 37.9 Å². The molecule has 0 spiro atoms. The number of hydrogen-bond acceptors (Lipinski definition) is 2. The van der Waals surface area contributed by atoms with Crippen LogP contribution >= 0.6 is 0 Å². The molecule has 0 aliphatic rings. The van der Waals surface area contributed by atoms with Crippen molar-refractivity contribution in [1.29, 1.82) is 0 Å². The number of imidazole rings is 1. The quantitative estimate of drug-likeness (QED) is 0.826. The molecule has 0 radical (unpaired) electrons. The number of ether oxygens (including phenoxy) is 1. The zero-order valence-electron chi connectivity index (χ0n) is 8.47. The summed E-state index contributed by atoms with van der Waals surface area (Å²) in [5.74, 6) is 1.72. The van der Waals surface area contributed by atoms with Crippen molar-refractivity contribution in [3.05, 3.63) is 48.0 Å². The molecule has 0 saturated heterocycles. The van der Waals surface area contributed by atoms with Crippen LogP contribution in [0.3, 0.4) is 0 Å². The Balaban J connectivity index is 2.11. The fourth-order valence-corrected chi connectivity index (χ4v) is 1.26. The van der Waals surface area contributed by atoms with Gasteiger partial charge in [-0.3, -0.25) is 0 Å². The van der Waals surface area contributed by atoms with Crippen LogP contribution < -0.4 is 4.74 Å². The second kappa shape index (κ2) is 4.46. The van der Waals surface area contributed by atoms with Crippen LogP contribution in [0.25, 0.3) is 12.2 Å². The largest absolute Gasteiger partial charge is 0.497 e. The van der Waals surface area contributed by atoms with Crippen LogP contribution in [-0.4, -0.2) is 17.1 Å². The monoisotopic (exact) mass is 200 g/mol. The maximum Gasteiger partial charge on any atom is 0.129 e. The highest BCUT2D eigenvalue weighted by Crippen LogP contribution is 2.12. The van der Waals surface area contributed by atoms with Gasteiger partial charge in [0.1, 0.15) is 11.6 Å². The number of aromatic nitrogens is 2. The summed E-state index contributed by atoms with van der Waals surface area (Å²) in [5, 5.41) is 0. The summed E-state index contributed by atoms with van der Waals surface area (Å²) < 4.78 is 5.08. The highest BCUT2D eigenvalue weighted by Gasteiger charge is 1.90. The zero-order chi connectivity index (χ0) is 10.5. The van der Waals surface area contributed by atoms with Crippen molar-refractivity contribution in [2.24, 2.45) is 0 Å². The number of H-pyrrole nitrogens is 1. The summed E-state index contributed by atoms with van der Waals surface area (Å²) in [6.07, 6.45) is 7.46. The molecule has 0 saturated carbocycles. The van der Waals surface area contributed by atoms with E-state index in [-0.39, 0.29) is 0 Å². The smallest absolute Gasteiger partial charge is 0.129 e. The maximum absolute atomic E-state index is 5.08. The normalized spacial score (nSPS) is 10.7. The van der Waals surface area contributed by atoms with E-state index in [1.54, 1.807) is 19.5 Å². The number of nitrogens with zero attached hydrogens (tertiary/aromatic N) is 1. The summed E-state index contributed by atoms with van der Waals surface area (Å²) in [6, 6.07) is 7.86. The van der Waals surface area contributed by atoms with E-state index >= 15 is 0 Å². The standard InChI is InChI=1S/C12H12N2O/c1-15-11-5-2-10(3-6-11)4-7-12-13-8-9-14-12/h2-9H,1H3,(H,13,14). The predicted molar refractivity (Wildman–Crippen MR) is 60.5 cm³/mol. The van der Waals surface area contributed by atoms with Crippen LogP contribution in [0.15, 0.2) is 36.7 Å². The first-order chi connectivity index (χ1) is 7.38. The van der Waals surface area contributed by atoms with E-state index in [2.05, 4.69) is 9.97 Å². The summed E-state index contributed by atoms with van der Waals surface area (Å²) in [5.41, 5.74) is 1.12. The summed E-state index contributed by atoms with van der Waals surface area (Å²) in [4.78, 5) is 7.11. The lowest BCUT2D eigenvalue weighted by atomic mass is 10.2. The van der Waals surface area contributed by atoms with Crippen molar-refractivity contribution in [2.45, 2.75) is 0 Å². The molecule has 1 heterocycles. The molecule has 0 aliphatic carbocycles. The van der Waals surface area contributed by atoms with Gasteiger partial charge in [0.2, 0.25) is 0 Å². The Kier molecular flexibility index (Phi) is 2.83. The van der Waals surface area contributed by atoms with Crippen LogP contribution in [0.2, 0.25) is 0 Å². The summed E-state index contributed by atoms with van der Waals surface area (Å²) in [7, 11) is 1.66. The molecule has 1 N–H and O–H groups in total. The van der Waals surface area contributed by atoms with Crippen LogP contribution in [0.5, 0.6) is 5.75 Å². The molecule has 1 aromatic heterocycles. The Morgan fingerprint density at radius 2 is 2.00 bits per heavy atom. The van der Waals surface area contributed by atoms with Gasteiger partial charge in [0, 0.05) is 12.4 Å². The number of aromatic amines is 1. The van der Waals surface area contributed by atoms with Crippen molar-refractivity contribution in [3.63, 3.8) is 0 Å². The molecular formula is C12H12N2O. The first-order valence-corrected chi connectivity index (χ1v) is 4.70. The lowest BCUT2D eigenvalue weighted by molar-refractivity contribution is 0.415. The molecule has 0 atom stereocenters. The molecule has 0 amide bonds. The lowest BCUT2D eigenvalue weighted by Crippen LogP contribution is -1.81. The van der Waals surface area contributed by atoms with E-state index in [1.165, 1.54) is 0 Å². The van der Waals surface area contributed by atoms with Gasteiger partial charge in [0.05, 0.1) is 7.11 Å². The predicted octanol–water partition coefficient (Wildman–Crippen LogP) is 2.59. The number of hydrogen-bond donors (Lipinski definition) is 1. The molecule has 0 aliphatic heterocycles. The van der Waals surface area contributed by atoms with E-state index in [0.29, 0.717) is 0 Å². The van der Waals surface area contributed by atoms with Crippen LogP contribution in [0.4, 0.5) is 0 Å². The van der Waals surface area contributed by atoms with Gasteiger partial charge in [-0.15, -0.1) is 0 Å². The molecule has 0 fully saturated rings. The van der Waals surface area contributed by atoms with Gasteiger partial charge in [-0.25, -0.2) is 4.98 Å². The first kappa shape index (κ1) is 9.52. The van der Waals surface area contributed by atoms with Gasteiger partial charge < -0.3 is 9.72 Å². The fourth-order valence-electron chi connectivity index (χ4n) is 1.26. The van der Waals surface area contributed by atoms with Crippen molar-refractivity contribution in [2.75, 3.05) is 7.11 Å². The average Bonchev–Trinajstić information content (AvgIpc) is 2.80. The van der Waals surface area contributed by atoms with Crippen LogP contribution in [0, 0.1) is 0 Å². The molecule has 15 heavy (non-hydrogen) atoms. The van der Waals surface area contributed by atoms with E-state index in [4.69, 9.17) is 4.74 Å². The first-order valence-electron chi connectivity index (χ1n) is 4.70. The lowest BCUT2D eigenvalue weighted by Gasteiger charge is -1.98. The highest BCUT2D eigenvalue weighted by molar-refractivity contribution is 5.66.